The van der Waals surface area contributed by atoms with Crippen molar-refractivity contribution in [1.29, 1.82) is 0 Å². The van der Waals surface area contributed by atoms with Gasteiger partial charge in [-0.1, -0.05) is 6.07 Å². The van der Waals surface area contributed by atoms with Crippen LogP contribution in [0, 0.1) is 24.0 Å². The molecule has 0 spiro atoms. The van der Waals surface area contributed by atoms with Gasteiger partial charge in [-0.2, -0.15) is 5.10 Å². The molecule has 9 nitrogen and oxygen atoms in total. The Bertz CT molecular complexity index is 911. The van der Waals surface area contributed by atoms with Gasteiger partial charge in [0.2, 0.25) is 5.75 Å². The largest absolute Gasteiger partial charge is 0.500 e. The maximum atomic E-state index is 11.8. The van der Waals surface area contributed by atoms with Gasteiger partial charge in [0, 0.05) is 11.6 Å². The van der Waals surface area contributed by atoms with E-state index in [1.165, 1.54) is 12.3 Å². The van der Waals surface area contributed by atoms with Gasteiger partial charge in [0.1, 0.15) is 5.75 Å². The third-order valence-electron chi connectivity index (χ3n) is 3.82. The molecule has 0 fully saturated rings. The quantitative estimate of drug-likeness (QED) is 0.408. The van der Waals surface area contributed by atoms with Gasteiger partial charge in [-0.05, 0) is 50.1 Å². The number of phenols is 1. The highest BCUT2D eigenvalue weighted by molar-refractivity contribution is 5.85. The Balaban J connectivity index is 2.00. The number of phenolic OH excluding ortho intramolecular Hbond substituents is 1. The molecule has 0 radical (unpaired) electrons. The predicted molar refractivity (Wildman–Crippen MR) is 103 cm³/mol. The first-order valence-corrected chi connectivity index (χ1v) is 8.48. The van der Waals surface area contributed by atoms with Crippen molar-refractivity contribution in [3.63, 3.8) is 0 Å². The zero-order valence-electron chi connectivity index (χ0n) is 15.8. The number of hydrogen-bond donors (Lipinski definition) is 2. The summed E-state index contributed by atoms with van der Waals surface area (Å²) in [6.07, 6.45) is 1.21. The smallest absolute Gasteiger partial charge is 0.315 e. The molecule has 0 heterocycles. The van der Waals surface area contributed by atoms with Crippen molar-refractivity contribution in [3.8, 4) is 17.2 Å². The van der Waals surface area contributed by atoms with Crippen LogP contribution in [0.3, 0.4) is 0 Å². The first kappa shape index (κ1) is 20.7. The van der Waals surface area contributed by atoms with Gasteiger partial charge < -0.3 is 14.6 Å². The molecule has 0 aliphatic heterocycles. The standard InChI is InChI=1S/C19H21N3O6/c1-4-27-17-9-14(8-16(19(17)24)22(25)26)10-20-21-18(23)11-28-15-6-5-12(2)13(3)7-15/h5-10,24H,4,11H2,1-3H3,(H,21,23). The Labute approximate surface area is 161 Å². The monoisotopic (exact) mass is 387 g/mol. The van der Waals surface area contributed by atoms with E-state index < -0.39 is 22.3 Å². The minimum Gasteiger partial charge on any atom is -0.500 e. The van der Waals surface area contributed by atoms with Crippen LogP contribution >= 0.6 is 0 Å². The molecule has 0 unspecified atom stereocenters. The molecule has 0 aliphatic rings. The lowest BCUT2D eigenvalue weighted by Gasteiger charge is -2.08. The molecule has 1 amide bonds. The molecule has 2 aromatic carbocycles. The molecule has 148 valence electrons. The zero-order chi connectivity index (χ0) is 20.7. The van der Waals surface area contributed by atoms with Crippen molar-refractivity contribution in [1.82, 2.24) is 5.43 Å². The van der Waals surface area contributed by atoms with Gasteiger partial charge in [-0.25, -0.2) is 5.43 Å². The summed E-state index contributed by atoms with van der Waals surface area (Å²) in [6.45, 7) is 5.59. The number of hydrazone groups is 1. The van der Waals surface area contributed by atoms with E-state index in [0.717, 1.165) is 17.2 Å². The molecule has 0 bridgehead atoms. The van der Waals surface area contributed by atoms with Crippen LogP contribution in [0.2, 0.25) is 0 Å². The third-order valence-corrected chi connectivity index (χ3v) is 3.82. The number of nitro benzene ring substituents is 1. The Morgan fingerprint density at radius 2 is 2.00 bits per heavy atom. The Kier molecular flexibility index (Phi) is 6.91. The van der Waals surface area contributed by atoms with Crippen LogP contribution in [-0.4, -0.2) is 35.4 Å². The maximum absolute atomic E-state index is 11.8. The average molecular weight is 387 g/mol. The third kappa shape index (κ3) is 5.44. The van der Waals surface area contributed by atoms with E-state index in [2.05, 4.69) is 10.5 Å². The lowest BCUT2D eigenvalue weighted by molar-refractivity contribution is -0.386. The fraction of sp³-hybridized carbons (Fsp3) is 0.263. The molecule has 9 heteroatoms. The highest BCUT2D eigenvalue weighted by Gasteiger charge is 2.19. The van der Waals surface area contributed by atoms with Gasteiger partial charge in [0.25, 0.3) is 5.91 Å². The fourth-order valence-corrected chi connectivity index (χ4v) is 2.26. The van der Waals surface area contributed by atoms with Gasteiger partial charge in [0.15, 0.2) is 12.4 Å². The minimum absolute atomic E-state index is 0.0393. The topological polar surface area (TPSA) is 123 Å². The molecule has 28 heavy (non-hydrogen) atoms. The minimum atomic E-state index is -0.731. The predicted octanol–water partition coefficient (Wildman–Crippen LogP) is 2.85. The first-order chi connectivity index (χ1) is 13.3. The summed E-state index contributed by atoms with van der Waals surface area (Å²) in [5.74, 6) is -0.525. The number of nitrogens with one attached hydrogen (secondary N) is 1. The number of hydrogen-bond acceptors (Lipinski definition) is 7. The van der Waals surface area contributed by atoms with E-state index in [-0.39, 0.29) is 24.5 Å². The number of rotatable bonds is 8. The summed E-state index contributed by atoms with van der Waals surface area (Å²) in [5, 5.41) is 24.6. The van der Waals surface area contributed by atoms with Crippen molar-refractivity contribution < 1.29 is 24.3 Å². The van der Waals surface area contributed by atoms with Crippen molar-refractivity contribution in [2.45, 2.75) is 20.8 Å². The molecule has 0 saturated heterocycles. The highest BCUT2D eigenvalue weighted by atomic mass is 16.6. The number of ether oxygens (including phenoxy) is 2. The zero-order valence-corrected chi connectivity index (χ0v) is 15.8. The molecule has 2 N–H and O–H groups in total. The second-order valence-corrected chi connectivity index (χ2v) is 5.90. The lowest BCUT2D eigenvalue weighted by atomic mass is 10.1. The summed E-state index contributed by atoms with van der Waals surface area (Å²) in [5.41, 5.74) is 4.21. The number of aryl methyl sites for hydroxylation is 2. The number of nitrogens with zero attached hydrogens (tertiary/aromatic N) is 2. The molecule has 0 aromatic heterocycles. The molecule has 0 saturated carbocycles. The molecule has 2 rings (SSSR count). The van der Waals surface area contributed by atoms with Crippen molar-refractivity contribution in [2.75, 3.05) is 13.2 Å². The second-order valence-electron chi connectivity index (χ2n) is 5.90. The van der Waals surface area contributed by atoms with E-state index >= 15 is 0 Å². The molecular formula is C19H21N3O6. The lowest BCUT2D eigenvalue weighted by Crippen LogP contribution is -2.24. The van der Waals surface area contributed by atoms with Crippen LogP contribution in [0.1, 0.15) is 23.6 Å². The number of aromatic hydroxyl groups is 1. The number of amides is 1. The van der Waals surface area contributed by atoms with Crippen LogP contribution in [-0.2, 0) is 4.79 Å². The van der Waals surface area contributed by atoms with Crippen molar-refractivity contribution in [3.05, 3.63) is 57.1 Å². The van der Waals surface area contributed by atoms with Gasteiger partial charge >= 0.3 is 5.69 Å². The van der Waals surface area contributed by atoms with Crippen LogP contribution in [0.15, 0.2) is 35.4 Å². The van der Waals surface area contributed by atoms with Crippen LogP contribution < -0.4 is 14.9 Å². The molecule has 2 aromatic rings. The Hall–Kier alpha value is -3.62. The normalized spacial score (nSPS) is 10.7. The highest BCUT2D eigenvalue weighted by Crippen LogP contribution is 2.36. The molecule has 0 aliphatic carbocycles. The van der Waals surface area contributed by atoms with Gasteiger partial charge in [-0.3, -0.25) is 14.9 Å². The van der Waals surface area contributed by atoms with Crippen LogP contribution in [0.5, 0.6) is 17.2 Å². The number of nitro groups is 1. The maximum Gasteiger partial charge on any atom is 0.315 e. The summed E-state index contributed by atoms with van der Waals surface area (Å²) < 4.78 is 10.6. The van der Waals surface area contributed by atoms with Gasteiger partial charge in [-0.15, -0.1) is 0 Å². The number of carbonyl (C=O) groups is 1. The van der Waals surface area contributed by atoms with E-state index in [4.69, 9.17) is 9.47 Å². The Morgan fingerprint density at radius 1 is 1.25 bits per heavy atom. The summed E-state index contributed by atoms with van der Waals surface area (Å²) in [6, 6.07) is 8.00. The summed E-state index contributed by atoms with van der Waals surface area (Å²) in [4.78, 5) is 22.1. The summed E-state index contributed by atoms with van der Waals surface area (Å²) in [7, 11) is 0. The SMILES string of the molecule is CCOc1cc(C=NNC(=O)COc2ccc(C)c(C)c2)cc([N+](=O)[O-])c1O. The molecular weight excluding hydrogens is 366 g/mol. The van der Waals surface area contributed by atoms with E-state index in [9.17, 15) is 20.0 Å². The van der Waals surface area contributed by atoms with Crippen molar-refractivity contribution in [2.24, 2.45) is 5.10 Å². The van der Waals surface area contributed by atoms with E-state index in [0.29, 0.717) is 5.75 Å². The second kappa shape index (κ2) is 9.36. The Morgan fingerprint density at radius 3 is 2.64 bits per heavy atom. The molecule has 0 atom stereocenters. The van der Waals surface area contributed by atoms with Crippen molar-refractivity contribution >= 4 is 17.8 Å². The number of carbonyl (C=O) groups excluding carboxylic acids is 1. The average Bonchev–Trinajstić information content (AvgIpc) is 2.65. The summed E-state index contributed by atoms with van der Waals surface area (Å²) >= 11 is 0. The number of benzene rings is 2. The fourth-order valence-electron chi connectivity index (χ4n) is 2.26. The van der Waals surface area contributed by atoms with Crippen LogP contribution in [0.25, 0.3) is 0 Å². The van der Waals surface area contributed by atoms with E-state index in [1.54, 1.807) is 13.0 Å². The van der Waals surface area contributed by atoms with Crippen LogP contribution in [0.4, 0.5) is 5.69 Å². The van der Waals surface area contributed by atoms with Gasteiger partial charge in [0.05, 0.1) is 17.7 Å². The first-order valence-electron chi connectivity index (χ1n) is 8.48. The van der Waals surface area contributed by atoms with E-state index in [1.807, 2.05) is 26.0 Å².